The predicted molar refractivity (Wildman–Crippen MR) is 96.7 cm³/mol. The second-order valence-corrected chi connectivity index (χ2v) is 6.99. The number of fused-ring (bicyclic) bond motifs is 1. The summed E-state index contributed by atoms with van der Waals surface area (Å²) >= 11 is 0. The van der Waals surface area contributed by atoms with Gasteiger partial charge in [-0.3, -0.25) is 4.99 Å². The van der Waals surface area contributed by atoms with Crippen LogP contribution in [0.25, 0.3) is 0 Å². The zero-order valence-corrected chi connectivity index (χ0v) is 14.9. The molecule has 3 nitrogen and oxygen atoms in total. The average Bonchev–Trinajstić information content (AvgIpc) is 3.05. The van der Waals surface area contributed by atoms with Crippen LogP contribution in [-0.2, 0) is 6.18 Å². The van der Waals surface area contributed by atoms with Crippen LogP contribution >= 0.6 is 0 Å². The zero-order valence-electron chi connectivity index (χ0n) is 14.9. The van der Waals surface area contributed by atoms with Crippen LogP contribution in [-0.4, -0.2) is 37.5 Å². The van der Waals surface area contributed by atoms with Gasteiger partial charge in [-0.2, -0.15) is 13.2 Å². The summed E-state index contributed by atoms with van der Waals surface area (Å²) in [6.07, 6.45) is 0.976. The van der Waals surface area contributed by atoms with Gasteiger partial charge in [-0.15, -0.1) is 0 Å². The number of halogens is 3. The van der Waals surface area contributed by atoms with Gasteiger partial charge in [0.1, 0.15) is 0 Å². The van der Waals surface area contributed by atoms with Crippen LogP contribution in [0.2, 0.25) is 0 Å². The van der Waals surface area contributed by atoms with E-state index in [4.69, 9.17) is 0 Å². The van der Waals surface area contributed by atoms with E-state index in [9.17, 15) is 13.2 Å². The number of aliphatic imine (C=N–C) groups is 1. The number of hydrogen-bond acceptors (Lipinski definition) is 1. The van der Waals surface area contributed by atoms with Crippen LogP contribution in [0.1, 0.15) is 36.8 Å². The lowest BCUT2D eigenvalue weighted by atomic mass is 9.82. The Morgan fingerprint density at radius 2 is 1.77 bits per heavy atom. The fourth-order valence-corrected chi connectivity index (χ4v) is 3.92. The first-order chi connectivity index (χ1) is 12.5. The minimum absolute atomic E-state index is 0.416. The summed E-state index contributed by atoms with van der Waals surface area (Å²) in [6.45, 7) is 2.52. The normalized spacial score (nSPS) is 23.2. The molecule has 1 aromatic rings. The van der Waals surface area contributed by atoms with E-state index in [0.29, 0.717) is 12.1 Å². The Hall–Kier alpha value is -2.16. The minimum atomic E-state index is -4.31. The molecule has 1 N–H and O–H groups in total. The summed E-state index contributed by atoms with van der Waals surface area (Å²) in [5.41, 5.74) is -0.0842. The van der Waals surface area contributed by atoms with E-state index < -0.39 is 11.7 Å². The van der Waals surface area contributed by atoms with E-state index in [2.05, 4.69) is 27.0 Å². The standard InChI is InChI=1S/C20H24F3N3/c1-24-19(26-13-16-6-2-3-7-17(16)14-26)25-12-4-5-15-8-10-18(11-9-15)20(21,22)23/h8-11,16-17H,2-3,6-7,12-14H2,1H3,(H,24,25). The lowest BCUT2D eigenvalue weighted by Gasteiger charge is -2.22. The molecule has 1 aliphatic carbocycles. The van der Waals surface area contributed by atoms with Crippen molar-refractivity contribution in [2.45, 2.75) is 31.9 Å². The van der Waals surface area contributed by atoms with E-state index in [1.807, 2.05) is 0 Å². The molecular weight excluding hydrogens is 339 g/mol. The van der Waals surface area contributed by atoms with Crippen LogP contribution < -0.4 is 5.32 Å². The second-order valence-electron chi connectivity index (χ2n) is 6.99. The summed E-state index contributed by atoms with van der Waals surface area (Å²) in [5, 5.41) is 3.25. The van der Waals surface area contributed by atoms with Crippen LogP contribution in [0.15, 0.2) is 29.3 Å². The summed E-state index contributed by atoms with van der Waals surface area (Å²) in [4.78, 5) is 6.66. The first-order valence-electron chi connectivity index (χ1n) is 9.09. The molecule has 0 amide bonds. The van der Waals surface area contributed by atoms with Crippen LogP contribution in [0.5, 0.6) is 0 Å². The molecule has 26 heavy (non-hydrogen) atoms. The smallest absolute Gasteiger partial charge is 0.345 e. The first kappa shape index (κ1) is 18.6. The molecule has 2 aliphatic rings. The highest BCUT2D eigenvalue weighted by atomic mass is 19.4. The van der Waals surface area contributed by atoms with E-state index in [1.54, 1.807) is 7.05 Å². The van der Waals surface area contributed by atoms with Gasteiger partial charge in [-0.1, -0.05) is 24.7 Å². The van der Waals surface area contributed by atoms with Gasteiger partial charge in [0.15, 0.2) is 5.96 Å². The first-order valence-corrected chi connectivity index (χ1v) is 9.09. The number of rotatable bonds is 1. The number of nitrogens with one attached hydrogen (secondary N) is 1. The van der Waals surface area contributed by atoms with E-state index in [1.165, 1.54) is 37.8 Å². The van der Waals surface area contributed by atoms with Crippen LogP contribution in [0.3, 0.4) is 0 Å². The lowest BCUT2D eigenvalue weighted by molar-refractivity contribution is -0.137. The third-order valence-corrected chi connectivity index (χ3v) is 5.27. The Bertz CT molecular complexity index is 684. The van der Waals surface area contributed by atoms with Crippen molar-refractivity contribution >= 4 is 5.96 Å². The third-order valence-electron chi connectivity index (χ3n) is 5.27. The SMILES string of the molecule is CN=C(NCC#Cc1ccc(C(F)(F)F)cc1)N1CC2CCCCC2C1. The van der Waals surface area contributed by atoms with Crippen LogP contribution in [0, 0.1) is 23.7 Å². The highest BCUT2D eigenvalue weighted by molar-refractivity contribution is 5.80. The molecule has 2 atom stereocenters. The number of nitrogens with zero attached hydrogens (tertiary/aromatic N) is 2. The maximum atomic E-state index is 12.5. The molecule has 1 heterocycles. The number of guanidine groups is 1. The van der Waals surface area contributed by atoms with Crippen molar-refractivity contribution in [2.75, 3.05) is 26.7 Å². The monoisotopic (exact) mass is 363 g/mol. The quantitative estimate of drug-likeness (QED) is 0.467. The highest BCUT2D eigenvalue weighted by Gasteiger charge is 2.35. The number of likely N-dealkylation sites (tertiary alicyclic amines) is 1. The topological polar surface area (TPSA) is 27.6 Å². The Kier molecular flexibility index (Phi) is 5.75. The molecule has 1 saturated heterocycles. The van der Waals surface area contributed by atoms with Gasteiger partial charge in [0.2, 0.25) is 0 Å². The Morgan fingerprint density at radius 1 is 1.15 bits per heavy atom. The van der Waals surface area contributed by atoms with Gasteiger partial charge in [0.05, 0.1) is 12.1 Å². The molecule has 140 valence electrons. The van der Waals surface area contributed by atoms with E-state index >= 15 is 0 Å². The molecule has 1 aliphatic heterocycles. The second kappa shape index (κ2) is 8.03. The Morgan fingerprint density at radius 3 is 2.31 bits per heavy atom. The number of benzene rings is 1. The molecule has 0 spiro atoms. The summed E-state index contributed by atoms with van der Waals surface area (Å²) in [6, 6.07) is 4.91. The molecule has 1 aromatic carbocycles. The fourth-order valence-electron chi connectivity index (χ4n) is 3.92. The molecule has 6 heteroatoms. The summed E-state index contributed by atoms with van der Waals surface area (Å²) < 4.78 is 37.6. The van der Waals surface area contributed by atoms with E-state index in [-0.39, 0.29) is 0 Å². The predicted octanol–water partition coefficient (Wildman–Crippen LogP) is 3.75. The van der Waals surface area contributed by atoms with Gasteiger partial charge in [-0.05, 0) is 48.9 Å². The van der Waals surface area contributed by atoms with Crippen molar-refractivity contribution < 1.29 is 13.2 Å². The summed E-state index contributed by atoms with van der Waals surface area (Å²) in [7, 11) is 1.77. The number of alkyl halides is 3. The molecule has 0 aromatic heterocycles. The molecule has 2 unspecified atom stereocenters. The molecule has 0 bridgehead atoms. The highest BCUT2D eigenvalue weighted by Crippen LogP contribution is 2.35. The third kappa shape index (κ3) is 4.51. The lowest BCUT2D eigenvalue weighted by Crippen LogP contribution is -2.40. The van der Waals surface area contributed by atoms with Gasteiger partial charge >= 0.3 is 6.18 Å². The van der Waals surface area contributed by atoms with Gasteiger partial charge in [0, 0.05) is 25.7 Å². The number of hydrogen-bond donors (Lipinski definition) is 1. The molecule has 1 saturated carbocycles. The Labute approximate surface area is 152 Å². The fraction of sp³-hybridized carbons (Fsp3) is 0.550. The molecule has 3 rings (SSSR count). The van der Waals surface area contributed by atoms with Crippen molar-refractivity contribution in [2.24, 2.45) is 16.8 Å². The Balaban J connectivity index is 1.52. The van der Waals surface area contributed by atoms with Crippen molar-refractivity contribution in [3.05, 3.63) is 35.4 Å². The van der Waals surface area contributed by atoms with Crippen LogP contribution in [0.4, 0.5) is 13.2 Å². The molecule has 2 fully saturated rings. The van der Waals surface area contributed by atoms with E-state index in [0.717, 1.165) is 43.0 Å². The minimum Gasteiger partial charge on any atom is -0.345 e. The zero-order chi connectivity index (χ0) is 18.6. The largest absolute Gasteiger partial charge is 0.416 e. The maximum Gasteiger partial charge on any atom is 0.416 e. The van der Waals surface area contributed by atoms with Crippen molar-refractivity contribution in [1.82, 2.24) is 10.2 Å². The van der Waals surface area contributed by atoms with Gasteiger partial charge in [0.25, 0.3) is 0 Å². The summed E-state index contributed by atoms with van der Waals surface area (Å²) in [5.74, 6) is 8.27. The van der Waals surface area contributed by atoms with Crippen molar-refractivity contribution in [1.29, 1.82) is 0 Å². The van der Waals surface area contributed by atoms with Gasteiger partial charge in [-0.25, -0.2) is 0 Å². The van der Waals surface area contributed by atoms with Crippen molar-refractivity contribution in [3.8, 4) is 11.8 Å². The molecule has 0 radical (unpaired) electrons. The maximum absolute atomic E-state index is 12.5. The average molecular weight is 363 g/mol. The van der Waals surface area contributed by atoms with Gasteiger partial charge < -0.3 is 10.2 Å². The van der Waals surface area contributed by atoms with Crippen molar-refractivity contribution in [3.63, 3.8) is 0 Å². The molecular formula is C20H24F3N3.